The molecule has 1 aliphatic carbocycles. The Morgan fingerprint density at radius 2 is 2.26 bits per heavy atom. The number of carbonyl (C=O) groups excluding carboxylic acids is 1. The highest BCUT2D eigenvalue weighted by Gasteiger charge is 2.41. The Bertz CT molecular complexity index is 692. The number of nitrogens with one attached hydrogen (secondary N) is 1. The minimum atomic E-state index is -1.02. The van der Waals surface area contributed by atoms with Crippen LogP contribution in [0, 0.1) is 21.8 Å². The highest BCUT2D eigenvalue weighted by Crippen LogP contribution is 2.48. The van der Waals surface area contributed by atoms with Crippen LogP contribution in [0.2, 0.25) is 0 Å². The molecule has 1 atom stereocenters. The largest absolute Gasteiger partial charge is 0.492 e. The molecule has 0 bridgehead atoms. The number of methoxy groups -OCH3 is 1. The van der Waals surface area contributed by atoms with Crippen molar-refractivity contribution in [2.24, 2.45) is 5.92 Å². The van der Waals surface area contributed by atoms with E-state index in [1.165, 1.54) is 7.11 Å². The van der Waals surface area contributed by atoms with Crippen LogP contribution in [-0.4, -0.2) is 30.7 Å². The number of hydrogen-bond donors (Lipinski definition) is 1. The van der Waals surface area contributed by atoms with Crippen LogP contribution in [0.25, 0.3) is 0 Å². The van der Waals surface area contributed by atoms with E-state index in [-0.39, 0.29) is 21.8 Å². The number of rotatable bonds is 5. The number of nitro groups is 1. The molecule has 0 aromatic heterocycles. The Morgan fingerprint density at radius 3 is 2.83 bits per heavy atom. The van der Waals surface area contributed by atoms with Crippen molar-refractivity contribution in [2.45, 2.75) is 25.3 Å². The van der Waals surface area contributed by atoms with Crippen molar-refractivity contribution in [3.05, 3.63) is 26.0 Å². The van der Waals surface area contributed by atoms with E-state index in [0.717, 1.165) is 12.8 Å². The van der Waals surface area contributed by atoms with Crippen LogP contribution in [0.1, 0.15) is 18.4 Å². The minimum absolute atomic E-state index is 0.00509. The van der Waals surface area contributed by atoms with Crippen molar-refractivity contribution in [2.75, 3.05) is 19.0 Å². The van der Waals surface area contributed by atoms with Gasteiger partial charge in [0.1, 0.15) is 22.0 Å². The molecule has 0 radical (unpaired) electrons. The first-order valence-electron chi connectivity index (χ1n) is 7.11. The van der Waals surface area contributed by atoms with Gasteiger partial charge in [-0.2, -0.15) is 4.39 Å². The van der Waals surface area contributed by atoms with E-state index in [9.17, 15) is 19.3 Å². The predicted octanol–water partition coefficient (Wildman–Crippen LogP) is 2.79. The fourth-order valence-corrected chi connectivity index (χ4v) is 3.30. The fourth-order valence-electron chi connectivity index (χ4n) is 2.75. The summed E-state index contributed by atoms with van der Waals surface area (Å²) in [5.41, 5.74) is -0.180. The number of halogens is 2. The first-order valence-corrected chi connectivity index (χ1v) is 7.90. The highest BCUT2D eigenvalue weighted by molar-refractivity contribution is 9.10. The number of benzene rings is 1. The van der Waals surface area contributed by atoms with E-state index in [1.807, 2.05) is 0 Å². The second-order valence-corrected chi connectivity index (χ2v) is 6.29. The summed E-state index contributed by atoms with van der Waals surface area (Å²) in [5.74, 6) is -1.25. The first kappa shape index (κ1) is 16.0. The lowest BCUT2D eigenvalue weighted by Crippen LogP contribution is -2.33. The maximum absolute atomic E-state index is 14.4. The van der Waals surface area contributed by atoms with Gasteiger partial charge in [0.25, 0.3) is 0 Å². The van der Waals surface area contributed by atoms with Gasteiger partial charge in [-0.25, -0.2) is 4.79 Å². The summed E-state index contributed by atoms with van der Waals surface area (Å²) in [6.45, 7) is 0.301. The molecule has 124 valence electrons. The van der Waals surface area contributed by atoms with E-state index in [4.69, 9.17) is 9.47 Å². The molecule has 0 spiro atoms. The van der Waals surface area contributed by atoms with Crippen molar-refractivity contribution < 1.29 is 23.6 Å². The second kappa shape index (κ2) is 5.95. The Kier molecular flexibility index (Phi) is 4.13. The normalized spacial score (nSPS) is 17.2. The Morgan fingerprint density at radius 1 is 1.57 bits per heavy atom. The molecule has 1 aromatic rings. The number of hydrogen-bond acceptors (Lipinski definition) is 6. The van der Waals surface area contributed by atoms with E-state index in [1.54, 1.807) is 0 Å². The summed E-state index contributed by atoms with van der Waals surface area (Å²) in [7, 11) is 1.25. The summed E-state index contributed by atoms with van der Waals surface area (Å²) in [5, 5.41) is 14.2. The van der Waals surface area contributed by atoms with E-state index in [2.05, 4.69) is 21.2 Å². The van der Waals surface area contributed by atoms with Gasteiger partial charge in [-0.05, 0) is 34.7 Å². The zero-order valence-corrected chi connectivity index (χ0v) is 13.8. The van der Waals surface area contributed by atoms with Crippen LogP contribution in [0.5, 0.6) is 5.75 Å². The molecule has 7 nitrogen and oxygen atoms in total. The predicted molar refractivity (Wildman–Crippen MR) is 82.1 cm³/mol. The van der Waals surface area contributed by atoms with Gasteiger partial charge in [-0.15, -0.1) is 0 Å². The average molecular weight is 389 g/mol. The smallest absolute Gasteiger partial charge is 0.329 e. The summed E-state index contributed by atoms with van der Waals surface area (Å²) >= 11 is 3.01. The molecule has 9 heteroatoms. The number of fused-ring (bicyclic) bond motifs is 1. The average Bonchev–Trinajstić information content (AvgIpc) is 3.23. The van der Waals surface area contributed by atoms with Crippen molar-refractivity contribution in [3.8, 4) is 5.75 Å². The standard InChI is InChI=1S/C14H14BrFN2O5/c1-22-14(19)10(6-2-3-6)17-11-7-4-5-23-13(7)8(15)9(16)12(11)18(20)21/h6,10,17H,2-5H2,1H3. The molecule has 2 aliphatic rings. The van der Waals surface area contributed by atoms with Gasteiger partial charge in [0.05, 0.1) is 18.6 Å². The van der Waals surface area contributed by atoms with Crippen LogP contribution >= 0.6 is 15.9 Å². The molecule has 1 heterocycles. The maximum Gasteiger partial charge on any atom is 0.329 e. The third kappa shape index (κ3) is 2.73. The van der Waals surface area contributed by atoms with Gasteiger partial charge in [0, 0.05) is 12.0 Å². The lowest BCUT2D eigenvalue weighted by molar-refractivity contribution is -0.386. The van der Waals surface area contributed by atoms with Gasteiger partial charge in [-0.3, -0.25) is 10.1 Å². The molecular weight excluding hydrogens is 375 g/mol. The Hall–Kier alpha value is -1.90. The highest BCUT2D eigenvalue weighted by atomic mass is 79.9. The van der Waals surface area contributed by atoms with Crippen molar-refractivity contribution in [1.82, 2.24) is 0 Å². The molecule has 23 heavy (non-hydrogen) atoms. The van der Waals surface area contributed by atoms with Crippen LogP contribution in [0.15, 0.2) is 4.47 Å². The van der Waals surface area contributed by atoms with E-state index < -0.39 is 28.4 Å². The first-order chi connectivity index (χ1) is 11.0. The topological polar surface area (TPSA) is 90.7 Å². The quantitative estimate of drug-likeness (QED) is 0.473. The summed E-state index contributed by atoms with van der Waals surface area (Å²) in [6.07, 6.45) is 2.03. The van der Waals surface area contributed by atoms with Gasteiger partial charge >= 0.3 is 11.7 Å². The van der Waals surface area contributed by atoms with Gasteiger partial charge in [0.2, 0.25) is 5.82 Å². The van der Waals surface area contributed by atoms with Crippen LogP contribution in [-0.2, 0) is 16.0 Å². The molecule has 1 aliphatic heterocycles. The molecule has 0 saturated heterocycles. The number of anilines is 1. The summed E-state index contributed by atoms with van der Waals surface area (Å²) < 4.78 is 24.4. The lowest BCUT2D eigenvalue weighted by atomic mass is 10.1. The maximum atomic E-state index is 14.4. The van der Waals surface area contributed by atoms with Crippen molar-refractivity contribution >= 4 is 33.3 Å². The fraction of sp³-hybridized carbons (Fsp3) is 0.500. The zero-order valence-electron chi connectivity index (χ0n) is 12.2. The molecule has 1 aromatic carbocycles. The third-order valence-electron chi connectivity index (χ3n) is 4.04. The van der Waals surface area contributed by atoms with Crippen molar-refractivity contribution in [1.29, 1.82) is 0 Å². The van der Waals surface area contributed by atoms with E-state index >= 15 is 0 Å². The minimum Gasteiger partial charge on any atom is -0.492 e. The zero-order chi connectivity index (χ0) is 16.7. The number of ether oxygens (including phenoxy) is 2. The Labute approximate surface area is 139 Å². The van der Waals surface area contributed by atoms with Crippen LogP contribution < -0.4 is 10.1 Å². The van der Waals surface area contributed by atoms with Gasteiger partial charge < -0.3 is 14.8 Å². The van der Waals surface area contributed by atoms with Crippen LogP contribution in [0.4, 0.5) is 15.8 Å². The molecular formula is C14H14BrFN2O5. The number of carbonyl (C=O) groups is 1. The summed E-state index contributed by atoms with van der Waals surface area (Å²) in [4.78, 5) is 22.5. The molecule has 3 rings (SSSR count). The molecule has 1 unspecified atom stereocenters. The molecule has 1 saturated carbocycles. The van der Waals surface area contributed by atoms with Gasteiger partial charge in [0.15, 0.2) is 0 Å². The molecule has 1 N–H and O–H groups in total. The third-order valence-corrected chi connectivity index (χ3v) is 4.75. The monoisotopic (exact) mass is 388 g/mol. The van der Waals surface area contributed by atoms with Gasteiger partial charge in [-0.1, -0.05) is 0 Å². The molecule has 0 amide bonds. The van der Waals surface area contributed by atoms with E-state index in [0.29, 0.717) is 18.6 Å². The van der Waals surface area contributed by atoms with Crippen molar-refractivity contribution in [3.63, 3.8) is 0 Å². The SMILES string of the molecule is COC(=O)C(Nc1c2c(c(Br)c(F)c1[N+](=O)[O-])OCC2)C1CC1. The number of nitro benzene ring substituents is 1. The molecule has 1 fully saturated rings. The summed E-state index contributed by atoms with van der Waals surface area (Å²) in [6, 6.07) is -0.732. The number of esters is 1. The number of nitrogens with zero attached hydrogens (tertiary/aromatic N) is 1. The second-order valence-electron chi connectivity index (χ2n) is 5.50. The van der Waals surface area contributed by atoms with Crippen LogP contribution in [0.3, 0.4) is 0 Å². The Balaban J connectivity index is 2.10. The lowest BCUT2D eigenvalue weighted by Gasteiger charge is -2.19.